The number of hydrogen-bond donors (Lipinski definition) is 1. The predicted octanol–water partition coefficient (Wildman–Crippen LogP) is 3.90. The molecular weight excluding hydrogens is 364 g/mol. The summed E-state index contributed by atoms with van der Waals surface area (Å²) < 4.78 is 7.57. The van der Waals surface area contributed by atoms with Gasteiger partial charge in [-0.3, -0.25) is 4.79 Å². The highest BCUT2D eigenvalue weighted by Gasteiger charge is 2.28. The molecule has 0 unspecified atom stereocenters. The van der Waals surface area contributed by atoms with Gasteiger partial charge in [-0.15, -0.1) is 0 Å². The number of rotatable bonds is 6. The normalized spacial score (nSPS) is 15.0. The van der Waals surface area contributed by atoms with Crippen LogP contribution in [0.4, 0.5) is 0 Å². The summed E-state index contributed by atoms with van der Waals surface area (Å²) in [5, 5.41) is 7.92. The number of benzene rings is 1. The molecule has 1 aliphatic rings. The largest absolute Gasteiger partial charge is 0.460 e. The Morgan fingerprint density at radius 2 is 1.93 bits per heavy atom. The van der Waals surface area contributed by atoms with Crippen LogP contribution >= 0.6 is 0 Å². The van der Waals surface area contributed by atoms with Gasteiger partial charge in [-0.25, -0.2) is 4.68 Å². The lowest BCUT2D eigenvalue weighted by Crippen LogP contribution is -2.39. The van der Waals surface area contributed by atoms with Gasteiger partial charge in [0.25, 0.3) is 5.91 Å². The average Bonchev–Trinajstić information content (AvgIpc) is 3.39. The minimum Gasteiger partial charge on any atom is -0.460 e. The molecule has 1 aliphatic heterocycles. The monoisotopic (exact) mass is 392 g/mol. The van der Waals surface area contributed by atoms with Crippen molar-refractivity contribution in [1.29, 1.82) is 0 Å². The summed E-state index contributed by atoms with van der Waals surface area (Å²) in [5.41, 5.74) is 2.11. The van der Waals surface area contributed by atoms with Gasteiger partial charge in [0.2, 0.25) is 0 Å². The summed E-state index contributed by atoms with van der Waals surface area (Å²) >= 11 is 0. The van der Waals surface area contributed by atoms with E-state index in [9.17, 15) is 4.79 Å². The summed E-state index contributed by atoms with van der Waals surface area (Å²) in [5.74, 6) is 2.15. The molecule has 0 saturated carbocycles. The fourth-order valence-corrected chi connectivity index (χ4v) is 3.93. The molecule has 3 heterocycles. The molecule has 29 heavy (non-hydrogen) atoms. The van der Waals surface area contributed by atoms with Crippen molar-refractivity contribution in [2.24, 2.45) is 5.92 Å². The van der Waals surface area contributed by atoms with E-state index in [0.29, 0.717) is 22.9 Å². The molecule has 1 aromatic carbocycles. The second-order valence-corrected chi connectivity index (χ2v) is 7.71. The first-order chi connectivity index (χ1) is 14.2. The molecule has 6 heteroatoms. The maximum Gasteiger partial charge on any atom is 0.257 e. The molecule has 2 aromatic heterocycles. The van der Waals surface area contributed by atoms with Crippen LogP contribution < -0.4 is 5.32 Å². The van der Waals surface area contributed by atoms with Gasteiger partial charge < -0.3 is 14.6 Å². The second-order valence-electron chi connectivity index (χ2n) is 7.71. The Kier molecular flexibility index (Phi) is 5.81. The highest BCUT2D eigenvalue weighted by Crippen LogP contribution is 2.28. The van der Waals surface area contributed by atoms with Gasteiger partial charge in [-0.1, -0.05) is 18.2 Å². The topological polar surface area (TPSA) is 63.3 Å². The van der Waals surface area contributed by atoms with Gasteiger partial charge in [0.1, 0.15) is 11.5 Å². The number of aryl methyl sites for hydroxylation is 1. The van der Waals surface area contributed by atoms with Gasteiger partial charge in [0.15, 0.2) is 5.76 Å². The van der Waals surface area contributed by atoms with Crippen molar-refractivity contribution in [2.75, 3.05) is 26.7 Å². The van der Waals surface area contributed by atoms with E-state index in [1.54, 1.807) is 4.68 Å². The minimum absolute atomic E-state index is 0.0308. The van der Waals surface area contributed by atoms with Crippen LogP contribution in [0.15, 0.2) is 53.1 Å². The molecule has 1 amide bonds. The lowest BCUT2D eigenvalue weighted by atomic mass is 9.93. The molecule has 0 radical (unpaired) electrons. The Hall–Kier alpha value is -2.86. The Bertz CT molecular complexity index is 952. The number of carbonyl (C=O) groups excluding carboxylic acids is 1. The van der Waals surface area contributed by atoms with Crippen molar-refractivity contribution in [2.45, 2.75) is 26.2 Å². The molecule has 0 spiro atoms. The molecular formula is C23H28N4O2. The van der Waals surface area contributed by atoms with Gasteiger partial charge >= 0.3 is 0 Å². The number of piperidine rings is 1. The van der Waals surface area contributed by atoms with E-state index in [4.69, 9.17) is 9.52 Å². The molecule has 1 saturated heterocycles. The summed E-state index contributed by atoms with van der Waals surface area (Å²) in [7, 11) is 1.99. The van der Waals surface area contributed by atoms with Gasteiger partial charge in [-0.05, 0) is 70.0 Å². The van der Waals surface area contributed by atoms with E-state index in [0.717, 1.165) is 43.9 Å². The second kappa shape index (κ2) is 8.66. The van der Waals surface area contributed by atoms with Gasteiger partial charge in [-0.2, -0.15) is 5.10 Å². The molecule has 0 aliphatic carbocycles. The number of nitrogens with one attached hydrogen (secondary N) is 1. The summed E-state index contributed by atoms with van der Waals surface area (Å²) in [6.07, 6.45) is 5.10. The summed E-state index contributed by atoms with van der Waals surface area (Å²) in [6.45, 7) is 4.51. The van der Waals surface area contributed by atoms with Gasteiger partial charge in [0.05, 0.1) is 11.3 Å². The quantitative estimate of drug-likeness (QED) is 0.691. The molecule has 4 rings (SSSR count). The Morgan fingerprint density at radius 3 is 2.59 bits per heavy atom. The van der Waals surface area contributed by atoms with E-state index in [-0.39, 0.29) is 5.91 Å². The van der Waals surface area contributed by atoms with Crippen LogP contribution in [-0.4, -0.2) is 47.3 Å². The number of likely N-dealkylation sites (tertiary alicyclic amines) is 1. The van der Waals surface area contributed by atoms with Crippen molar-refractivity contribution in [1.82, 2.24) is 20.0 Å². The number of carbonyl (C=O) groups is 1. The summed E-state index contributed by atoms with van der Waals surface area (Å²) in [6, 6.07) is 13.6. The number of hydrogen-bond acceptors (Lipinski definition) is 4. The first kappa shape index (κ1) is 19.5. The zero-order valence-corrected chi connectivity index (χ0v) is 17.1. The molecule has 0 bridgehead atoms. The van der Waals surface area contributed by atoms with Crippen LogP contribution in [0.1, 0.15) is 35.4 Å². The third-order valence-corrected chi connectivity index (χ3v) is 5.64. The number of furan rings is 1. The van der Waals surface area contributed by atoms with Crippen LogP contribution in [0.2, 0.25) is 0 Å². The molecule has 1 N–H and O–H groups in total. The molecule has 6 nitrogen and oxygen atoms in total. The first-order valence-corrected chi connectivity index (χ1v) is 10.3. The Balaban J connectivity index is 1.60. The third-order valence-electron chi connectivity index (χ3n) is 5.64. The van der Waals surface area contributed by atoms with E-state index >= 15 is 0 Å². The van der Waals surface area contributed by atoms with Gasteiger partial charge in [0, 0.05) is 19.3 Å². The molecule has 3 aromatic rings. The van der Waals surface area contributed by atoms with E-state index in [2.05, 4.69) is 5.32 Å². The minimum atomic E-state index is 0.0308. The van der Waals surface area contributed by atoms with Crippen molar-refractivity contribution < 1.29 is 9.21 Å². The number of aromatic nitrogens is 2. The number of amides is 1. The van der Waals surface area contributed by atoms with Crippen LogP contribution in [0.5, 0.6) is 0 Å². The predicted molar refractivity (Wildman–Crippen MR) is 113 cm³/mol. The zero-order chi connectivity index (χ0) is 20.2. The standard InChI is InChI=1S/C23H28N4O2/c1-17-8-9-21(29-17)22-20(16-27(25-22)19-6-4-3-5-7-19)23(28)26-14-11-18(12-15-26)10-13-24-2/h3-9,16,18,24H,10-15H2,1-2H3. The lowest BCUT2D eigenvalue weighted by Gasteiger charge is -2.32. The van der Waals surface area contributed by atoms with Crippen LogP contribution in [-0.2, 0) is 0 Å². The number of para-hydroxylation sites is 1. The highest BCUT2D eigenvalue weighted by molar-refractivity contribution is 5.99. The van der Waals surface area contributed by atoms with Crippen molar-refractivity contribution in [3.05, 3.63) is 60.0 Å². The maximum atomic E-state index is 13.4. The van der Waals surface area contributed by atoms with E-state index < -0.39 is 0 Å². The SMILES string of the molecule is CNCCC1CCN(C(=O)c2cn(-c3ccccc3)nc2-c2ccc(C)o2)CC1. The first-order valence-electron chi connectivity index (χ1n) is 10.3. The van der Waals surface area contributed by atoms with Crippen LogP contribution in [0, 0.1) is 12.8 Å². The Morgan fingerprint density at radius 1 is 1.17 bits per heavy atom. The smallest absolute Gasteiger partial charge is 0.257 e. The number of nitrogens with zero attached hydrogens (tertiary/aromatic N) is 3. The molecule has 1 fully saturated rings. The molecule has 0 atom stereocenters. The fraction of sp³-hybridized carbons (Fsp3) is 0.391. The maximum absolute atomic E-state index is 13.4. The zero-order valence-electron chi connectivity index (χ0n) is 17.1. The lowest BCUT2D eigenvalue weighted by molar-refractivity contribution is 0.0687. The molecule has 152 valence electrons. The van der Waals surface area contributed by atoms with Crippen molar-refractivity contribution in [3.63, 3.8) is 0 Å². The Labute approximate surface area is 171 Å². The summed E-state index contributed by atoms with van der Waals surface area (Å²) in [4.78, 5) is 15.3. The highest BCUT2D eigenvalue weighted by atomic mass is 16.3. The third kappa shape index (κ3) is 4.27. The van der Waals surface area contributed by atoms with Crippen LogP contribution in [0.25, 0.3) is 17.1 Å². The van der Waals surface area contributed by atoms with E-state index in [1.807, 2.05) is 67.5 Å². The fourth-order valence-electron chi connectivity index (χ4n) is 3.93. The van der Waals surface area contributed by atoms with E-state index in [1.165, 1.54) is 6.42 Å². The van der Waals surface area contributed by atoms with Crippen LogP contribution in [0.3, 0.4) is 0 Å². The van der Waals surface area contributed by atoms with Crippen molar-refractivity contribution in [3.8, 4) is 17.1 Å². The average molecular weight is 393 g/mol. The van der Waals surface area contributed by atoms with Crippen molar-refractivity contribution >= 4 is 5.91 Å².